The zero-order valence-electron chi connectivity index (χ0n) is 22.7. The fourth-order valence-corrected chi connectivity index (χ4v) is 5.06. The Morgan fingerprint density at radius 3 is 1.54 bits per heavy atom. The highest BCUT2D eigenvalue weighted by molar-refractivity contribution is 5.81. The molecule has 0 aliphatic heterocycles. The first-order valence-electron chi connectivity index (χ1n) is 13.8. The summed E-state index contributed by atoms with van der Waals surface area (Å²) >= 11 is 0. The maximum Gasteiger partial charge on any atom is 0.195 e. The van der Waals surface area contributed by atoms with Gasteiger partial charge in [0.1, 0.15) is 5.52 Å². The lowest BCUT2D eigenvalue weighted by Gasteiger charge is -2.11. The highest BCUT2D eigenvalue weighted by atomic mass is 16.3. The number of hydrogen-bond donors (Lipinski definition) is 0. The van der Waals surface area contributed by atoms with Gasteiger partial charge < -0.3 is 4.42 Å². The van der Waals surface area contributed by atoms with E-state index in [0.717, 1.165) is 62.6 Å². The van der Waals surface area contributed by atoms with Crippen molar-refractivity contribution >= 4 is 11.1 Å². The normalized spacial score (nSPS) is 11.1. The third kappa shape index (κ3) is 5.04. The molecule has 4 heteroatoms. The van der Waals surface area contributed by atoms with Crippen LogP contribution in [0.4, 0.5) is 0 Å². The number of benzene rings is 5. The monoisotopic (exact) mass is 529 g/mol. The number of aromatic nitrogens is 3. The van der Waals surface area contributed by atoms with Gasteiger partial charge in [-0.15, -0.1) is 0 Å². The van der Waals surface area contributed by atoms with Gasteiger partial charge in [0.15, 0.2) is 17.3 Å². The molecule has 5 aromatic carbocycles. The minimum Gasteiger partial charge on any atom is -0.441 e. The van der Waals surface area contributed by atoms with Gasteiger partial charge in [0.2, 0.25) is 0 Å². The van der Waals surface area contributed by atoms with E-state index < -0.39 is 0 Å². The van der Waals surface area contributed by atoms with E-state index in [4.69, 9.17) is 14.4 Å². The second kappa shape index (κ2) is 10.7. The molecule has 0 spiro atoms. The Morgan fingerprint density at radius 2 is 0.951 bits per heavy atom. The average Bonchev–Trinajstić information content (AvgIpc) is 3.48. The fourth-order valence-electron chi connectivity index (χ4n) is 5.06. The van der Waals surface area contributed by atoms with E-state index in [9.17, 15) is 0 Å². The van der Waals surface area contributed by atoms with Gasteiger partial charge in [-0.05, 0) is 40.5 Å². The Kier molecular flexibility index (Phi) is 6.42. The fraction of sp³-hybridized carbons (Fsp3) is 0.0541. The lowest BCUT2D eigenvalue weighted by Crippen LogP contribution is -1.96. The van der Waals surface area contributed by atoms with Crippen molar-refractivity contribution in [2.75, 3.05) is 0 Å². The van der Waals surface area contributed by atoms with Gasteiger partial charge in [-0.25, -0.2) is 15.0 Å². The maximum atomic E-state index is 5.78. The van der Waals surface area contributed by atoms with Crippen LogP contribution < -0.4 is 0 Å². The molecule has 4 nitrogen and oxygen atoms in total. The van der Waals surface area contributed by atoms with Crippen molar-refractivity contribution in [3.05, 3.63) is 139 Å². The van der Waals surface area contributed by atoms with E-state index >= 15 is 0 Å². The van der Waals surface area contributed by atoms with Gasteiger partial charge in [0.25, 0.3) is 0 Å². The number of fused-ring (bicyclic) bond motifs is 1. The standard InChI is InChI=1S/C37H27N3O/c1-2-36-38-34-23-31(21-22-35(34)41-36)27-15-19-29(20-16-27)33-24-32(39-37(40-33)30-11-7-4-8-12-30)28-17-13-26(14-18-28)25-9-5-3-6-10-25/h3-24H,2H2,1H3. The van der Waals surface area contributed by atoms with Gasteiger partial charge in [-0.2, -0.15) is 0 Å². The minimum atomic E-state index is 0.706. The molecule has 0 aliphatic rings. The number of aryl methyl sites for hydroxylation is 1. The second-order valence-electron chi connectivity index (χ2n) is 9.99. The Labute approximate surface area is 239 Å². The smallest absolute Gasteiger partial charge is 0.195 e. The molecule has 0 aliphatic carbocycles. The number of rotatable bonds is 6. The topological polar surface area (TPSA) is 51.8 Å². The van der Waals surface area contributed by atoms with Gasteiger partial charge in [-0.1, -0.05) is 122 Å². The quantitative estimate of drug-likeness (QED) is 0.215. The molecule has 2 aromatic heterocycles. The van der Waals surface area contributed by atoms with E-state index in [2.05, 4.69) is 108 Å². The van der Waals surface area contributed by atoms with Crippen LogP contribution in [0, 0.1) is 0 Å². The molecule has 0 amide bonds. The van der Waals surface area contributed by atoms with Gasteiger partial charge in [-0.3, -0.25) is 0 Å². The van der Waals surface area contributed by atoms with Crippen molar-refractivity contribution < 1.29 is 4.42 Å². The van der Waals surface area contributed by atoms with E-state index in [0.29, 0.717) is 5.82 Å². The molecular weight excluding hydrogens is 502 g/mol. The molecule has 0 unspecified atom stereocenters. The van der Waals surface area contributed by atoms with Gasteiger partial charge >= 0.3 is 0 Å². The van der Waals surface area contributed by atoms with Crippen molar-refractivity contribution in [2.45, 2.75) is 13.3 Å². The summed E-state index contributed by atoms with van der Waals surface area (Å²) in [5.41, 5.74) is 11.1. The van der Waals surface area contributed by atoms with Crippen molar-refractivity contribution in [3.63, 3.8) is 0 Å². The molecule has 0 fully saturated rings. The molecule has 7 rings (SSSR count). The highest BCUT2D eigenvalue weighted by Crippen LogP contribution is 2.31. The predicted molar refractivity (Wildman–Crippen MR) is 166 cm³/mol. The summed E-state index contributed by atoms with van der Waals surface area (Å²) in [6.07, 6.45) is 0.780. The zero-order valence-corrected chi connectivity index (χ0v) is 22.7. The maximum absolute atomic E-state index is 5.78. The molecule has 0 bridgehead atoms. The SMILES string of the molecule is CCc1nc2cc(-c3ccc(-c4cc(-c5ccc(-c6ccccc6)cc5)nc(-c5ccccc5)n4)cc3)ccc2o1. The molecule has 0 saturated heterocycles. The average molecular weight is 530 g/mol. The van der Waals surface area contributed by atoms with E-state index in [1.807, 2.05) is 37.3 Å². The van der Waals surface area contributed by atoms with Crippen molar-refractivity contribution in [1.29, 1.82) is 0 Å². The molecule has 0 saturated carbocycles. The summed E-state index contributed by atoms with van der Waals surface area (Å²) < 4.78 is 5.78. The molecule has 196 valence electrons. The molecular formula is C37H27N3O. The van der Waals surface area contributed by atoms with Crippen LogP contribution in [0.5, 0.6) is 0 Å². The van der Waals surface area contributed by atoms with Crippen molar-refractivity contribution in [1.82, 2.24) is 15.0 Å². The van der Waals surface area contributed by atoms with Crippen molar-refractivity contribution in [3.8, 4) is 56.2 Å². The number of hydrogen-bond acceptors (Lipinski definition) is 4. The van der Waals surface area contributed by atoms with E-state index in [1.54, 1.807) is 0 Å². The summed E-state index contributed by atoms with van der Waals surface area (Å²) in [5, 5.41) is 0. The summed E-state index contributed by atoms with van der Waals surface area (Å²) in [7, 11) is 0. The summed E-state index contributed by atoms with van der Waals surface area (Å²) in [6.45, 7) is 2.05. The molecule has 7 aromatic rings. The third-order valence-electron chi connectivity index (χ3n) is 7.29. The van der Waals surface area contributed by atoms with Crippen LogP contribution in [-0.4, -0.2) is 15.0 Å². The van der Waals surface area contributed by atoms with Crippen LogP contribution in [0.1, 0.15) is 12.8 Å². The Bertz CT molecular complexity index is 1940. The van der Waals surface area contributed by atoms with Crippen LogP contribution >= 0.6 is 0 Å². The predicted octanol–water partition coefficient (Wildman–Crippen LogP) is 9.52. The lowest BCUT2D eigenvalue weighted by molar-refractivity contribution is 0.538. The minimum absolute atomic E-state index is 0.706. The Balaban J connectivity index is 1.26. The summed E-state index contributed by atoms with van der Waals surface area (Å²) in [6, 6.07) is 45.9. The van der Waals surface area contributed by atoms with E-state index in [-0.39, 0.29) is 0 Å². The van der Waals surface area contributed by atoms with Crippen LogP contribution in [0.3, 0.4) is 0 Å². The highest BCUT2D eigenvalue weighted by Gasteiger charge is 2.12. The van der Waals surface area contributed by atoms with Crippen molar-refractivity contribution in [2.24, 2.45) is 0 Å². The van der Waals surface area contributed by atoms with Crippen LogP contribution in [0.15, 0.2) is 138 Å². The zero-order chi connectivity index (χ0) is 27.6. The Morgan fingerprint density at radius 1 is 0.463 bits per heavy atom. The molecule has 0 N–H and O–H groups in total. The number of oxazole rings is 1. The second-order valence-corrected chi connectivity index (χ2v) is 9.99. The van der Waals surface area contributed by atoms with Gasteiger partial charge in [0, 0.05) is 23.1 Å². The largest absolute Gasteiger partial charge is 0.441 e. The third-order valence-corrected chi connectivity index (χ3v) is 7.29. The van der Waals surface area contributed by atoms with Gasteiger partial charge in [0.05, 0.1) is 11.4 Å². The molecule has 0 radical (unpaired) electrons. The molecule has 2 heterocycles. The first kappa shape index (κ1) is 24.7. The molecule has 41 heavy (non-hydrogen) atoms. The summed E-state index contributed by atoms with van der Waals surface area (Å²) in [5.74, 6) is 1.47. The molecule has 0 atom stereocenters. The first-order chi connectivity index (χ1) is 20.2. The van der Waals surface area contributed by atoms with Crippen LogP contribution in [0.25, 0.3) is 67.3 Å². The lowest BCUT2D eigenvalue weighted by atomic mass is 10.0. The number of nitrogens with zero attached hydrogens (tertiary/aromatic N) is 3. The first-order valence-corrected chi connectivity index (χ1v) is 13.8. The Hall–Kier alpha value is -5.35. The van der Waals surface area contributed by atoms with Crippen LogP contribution in [0.2, 0.25) is 0 Å². The summed E-state index contributed by atoms with van der Waals surface area (Å²) in [4.78, 5) is 14.6. The van der Waals surface area contributed by atoms with E-state index in [1.165, 1.54) is 11.1 Å². The van der Waals surface area contributed by atoms with Crippen LogP contribution in [-0.2, 0) is 6.42 Å².